The third-order valence-corrected chi connectivity index (χ3v) is 5.50. The molecular weight excluding hydrogens is 563 g/mol. The van der Waals surface area contributed by atoms with Gasteiger partial charge in [0.15, 0.2) is 0 Å². The molecule has 0 spiro atoms. The fourth-order valence-corrected chi connectivity index (χ4v) is 3.86. The predicted molar refractivity (Wildman–Crippen MR) is 157 cm³/mol. The van der Waals surface area contributed by atoms with E-state index in [2.05, 4.69) is 138 Å². The first-order chi connectivity index (χ1) is 16.7. The summed E-state index contributed by atoms with van der Waals surface area (Å²) in [6.07, 6.45) is 0. The monoisotopic (exact) mass is 594 g/mol. The summed E-state index contributed by atoms with van der Waals surface area (Å²) in [5.74, 6) is 0. The number of aryl methyl sites for hydroxylation is 1. The second kappa shape index (κ2) is 15.0. The van der Waals surface area contributed by atoms with Gasteiger partial charge in [-0.2, -0.15) is 23.6 Å². The van der Waals surface area contributed by atoms with Gasteiger partial charge in [0.2, 0.25) is 0 Å². The third-order valence-electron chi connectivity index (χ3n) is 5.50. The smallest absolute Gasteiger partial charge is 0.0809 e. The topological polar surface area (TPSA) is 0 Å². The van der Waals surface area contributed by atoms with E-state index in [-0.39, 0.29) is 5.41 Å². The fourth-order valence-electron chi connectivity index (χ4n) is 3.86. The van der Waals surface area contributed by atoms with E-state index in [1.807, 2.05) is 0 Å². The molecule has 0 unspecified atom stereocenters. The van der Waals surface area contributed by atoms with Gasteiger partial charge in [0.25, 0.3) is 0 Å². The van der Waals surface area contributed by atoms with Crippen LogP contribution in [-0.4, -0.2) is 9.52 Å². The first-order valence-corrected chi connectivity index (χ1v) is 20.0. The van der Waals surface area contributed by atoms with Crippen LogP contribution in [0.3, 0.4) is 0 Å². The second-order valence-corrected chi connectivity index (χ2v) is 14.1. The van der Waals surface area contributed by atoms with E-state index < -0.39 is 20.8 Å². The van der Waals surface area contributed by atoms with Crippen molar-refractivity contribution in [2.45, 2.75) is 46.2 Å². The summed E-state index contributed by atoms with van der Waals surface area (Å²) in [5.41, 5.74) is 5.55. The van der Waals surface area contributed by atoms with Gasteiger partial charge in [-0.1, -0.05) is 82.8 Å². The van der Waals surface area contributed by atoms with Crippen molar-refractivity contribution in [3.05, 3.63) is 108 Å². The molecule has 0 aromatic heterocycles. The molecule has 5 aromatic carbocycles. The van der Waals surface area contributed by atoms with Crippen molar-refractivity contribution in [1.82, 2.24) is 0 Å². The van der Waals surface area contributed by atoms with E-state index in [1.165, 1.54) is 43.8 Å². The van der Waals surface area contributed by atoms with Crippen molar-refractivity contribution >= 4 is 48.1 Å². The van der Waals surface area contributed by atoms with Crippen molar-refractivity contribution in [1.29, 1.82) is 0 Å². The molecule has 180 valence electrons. The normalized spacial score (nSPS) is 10.3. The fraction of sp³-hybridized carbons (Fsp3) is 0.226. The molecule has 35 heavy (non-hydrogen) atoms. The molecule has 0 aliphatic carbocycles. The van der Waals surface area contributed by atoms with Gasteiger partial charge in [0.05, 0.1) is 0 Å². The number of benzene rings is 3. The Bertz CT molecular complexity index is 1240. The first kappa shape index (κ1) is 29.8. The largest absolute Gasteiger partial charge is 0.168 e. The first-order valence-electron chi connectivity index (χ1n) is 11.7. The van der Waals surface area contributed by atoms with Crippen molar-refractivity contribution in [2.75, 3.05) is 0 Å². The quantitative estimate of drug-likeness (QED) is 0.133. The molecule has 0 nitrogen and oxygen atoms in total. The van der Waals surface area contributed by atoms with Gasteiger partial charge in [-0.25, -0.2) is 0 Å². The molecule has 4 heteroatoms. The van der Waals surface area contributed by atoms with Crippen LogP contribution in [0.2, 0.25) is 13.1 Å². The van der Waals surface area contributed by atoms with Gasteiger partial charge in [-0.15, -0.1) is 64.2 Å². The Labute approximate surface area is 232 Å². The summed E-state index contributed by atoms with van der Waals surface area (Å²) >= 11 is -0.826. The number of halogens is 2. The Morgan fingerprint density at radius 2 is 1.40 bits per heavy atom. The molecule has 0 heterocycles. The molecule has 0 fully saturated rings. The van der Waals surface area contributed by atoms with Crippen LogP contribution in [0.5, 0.6) is 0 Å². The molecule has 0 aliphatic heterocycles. The van der Waals surface area contributed by atoms with Gasteiger partial charge in [-0.3, -0.25) is 0 Å². The summed E-state index contributed by atoms with van der Waals surface area (Å²) in [6, 6.07) is 34.8. The van der Waals surface area contributed by atoms with Crippen LogP contribution in [0.25, 0.3) is 32.7 Å². The molecule has 0 amide bonds. The van der Waals surface area contributed by atoms with Crippen LogP contribution in [0.1, 0.15) is 31.9 Å². The van der Waals surface area contributed by atoms with Crippen molar-refractivity contribution in [3.63, 3.8) is 0 Å². The van der Waals surface area contributed by atoms with Gasteiger partial charge < -0.3 is 0 Å². The van der Waals surface area contributed by atoms with E-state index >= 15 is 0 Å². The summed E-state index contributed by atoms with van der Waals surface area (Å²) in [7, 11) is 11.0. The van der Waals surface area contributed by atoms with E-state index in [9.17, 15) is 0 Å². The Morgan fingerprint density at radius 3 is 2.00 bits per heavy atom. The zero-order valence-electron chi connectivity index (χ0n) is 21.5. The standard InChI is InChI=1S/C20H21.C9H7.C2H6Si.2ClH.Zr/c1-14-12-16-6-5-7-18(19(16)13-14)15-8-10-17(11-9-15)20(2,3)4;1-2-5-9-7-3-6-8(9)4-1;1-3-2;;;/h5-13H,1-4H3;1-7H;1-2H3;2*1H;/q2*-1;;;;+4/p-2. The van der Waals surface area contributed by atoms with Crippen LogP contribution in [0.4, 0.5) is 0 Å². The average molecular weight is 597 g/mol. The number of rotatable bonds is 1. The maximum atomic E-state index is 4.93. The zero-order valence-corrected chi connectivity index (χ0v) is 26.5. The van der Waals surface area contributed by atoms with Crippen molar-refractivity contribution < 1.29 is 20.8 Å². The molecule has 0 N–H and O–H groups in total. The van der Waals surface area contributed by atoms with Crippen LogP contribution >= 0.6 is 17.0 Å². The summed E-state index contributed by atoms with van der Waals surface area (Å²) in [6.45, 7) is 13.2. The van der Waals surface area contributed by atoms with E-state index in [4.69, 9.17) is 17.0 Å². The molecule has 2 radical (unpaired) electrons. The Balaban J connectivity index is 0.000000237. The van der Waals surface area contributed by atoms with E-state index in [1.54, 1.807) is 0 Å². The molecule has 0 saturated heterocycles. The number of hydrogen-bond acceptors (Lipinski definition) is 0. The number of hydrogen-bond donors (Lipinski definition) is 0. The van der Waals surface area contributed by atoms with E-state index in [0.29, 0.717) is 0 Å². The summed E-state index contributed by atoms with van der Waals surface area (Å²) < 4.78 is 0. The van der Waals surface area contributed by atoms with Gasteiger partial charge in [0.1, 0.15) is 0 Å². The molecule has 0 bridgehead atoms. The van der Waals surface area contributed by atoms with E-state index in [0.717, 1.165) is 9.52 Å². The zero-order chi connectivity index (χ0) is 25.8. The maximum Gasteiger partial charge on any atom is -0.0809 e. The van der Waals surface area contributed by atoms with Crippen LogP contribution in [-0.2, 0) is 26.3 Å². The minimum atomic E-state index is -0.826. The maximum absolute atomic E-state index is 4.93. The van der Waals surface area contributed by atoms with Crippen molar-refractivity contribution in [2.24, 2.45) is 0 Å². The van der Waals surface area contributed by atoms with Crippen LogP contribution < -0.4 is 0 Å². The van der Waals surface area contributed by atoms with Crippen LogP contribution in [0.15, 0.2) is 97.1 Å². The Hall–Kier alpha value is -1.44. The minimum absolute atomic E-state index is 0.210. The summed E-state index contributed by atoms with van der Waals surface area (Å²) in [4.78, 5) is 0. The van der Waals surface area contributed by atoms with Gasteiger partial charge in [-0.05, 0) is 16.5 Å². The second-order valence-electron chi connectivity index (χ2n) is 9.39. The molecule has 5 rings (SSSR count). The Kier molecular flexibility index (Phi) is 12.7. The number of fused-ring (bicyclic) bond motifs is 2. The van der Waals surface area contributed by atoms with Crippen molar-refractivity contribution in [3.8, 4) is 11.1 Å². The van der Waals surface area contributed by atoms with Gasteiger partial charge >= 0.3 is 37.9 Å². The molecule has 0 aliphatic rings. The average Bonchev–Trinajstić information content (AvgIpc) is 3.45. The summed E-state index contributed by atoms with van der Waals surface area (Å²) in [5, 5.41) is 5.35. The molecule has 5 aromatic rings. The Morgan fingerprint density at radius 1 is 0.800 bits per heavy atom. The van der Waals surface area contributed by atoms with Gasteiger partial charge in [0, 0.05) is 9.52 Å². The molecular formula is C31H34Cl2SiZr. The van der Waals surface area contributed by atoms with Crippen LogP contribution in [0, 0.1) is 6.92 Å². The third kappa shape index (κ3) is 9.18. The molecule has 0 atom stereocenters. The SMILES string of the molecule is C[Si]C.Cc1cc2c(-c3ccc(C(C)(C)C)cc3)cccc2[cH-]1.[Cl][Zr+2][Cl].c1ccc2[cH-]ccc2c1. The molecule has 0 saturated carbocycles. The minimum Gasteiger partial charge on any atom is -0.168 e. The predicted octanol–water partition coefficient (Wildman–Crippen LogP) is 10.6.